The molecule has 0 amide bonds. The third-order valence-corrected chi connectivity index (χ3v) is 6.64. The minimum absolute atomic E-state index is 0.0344. The van der Waals surface area contributed by atoms with Gasteiger partial charge in [0.1, 0.15) is 0 Å². The molecule has 7 heteroatoms. The number of pyridine rings is 1. The van der Waals surface area contributed by atoms with E-state index in [0.717, 1.165) is 43.7 Å². The molecule has 3 aromatic rings. The molecule has 0 aliphatic carbocycles. The van der Waals surface area contributed by atoms with Crippen LogP contribution in [0, 0.1) is 0 Å². The molecule has 1 fully saturated rings. The molecule has 146 valence electrons. The average Bonchev–Trinajstić information content (AvgIpc) is 3.25. The second-order valence-electron chi connectivity index (χ2n) is 7.14. The summed E-state index contributed by atoms with van der Waals surface area (Å²) in [6.45, 7) is 2.62. The van der Waals surface area contributed by atoms with Gasteiger partial charge < -0.3 is 4.98 Å². The molecule has 28 heavy (non-hydrogen) atoms. The van der Waals surface area contributed by atoms with Crippen molar-refractivity contribution in [2.75, 3.05) is 13.1 Å². The fraction of sp³-hybridized carbons (Fsp3) is 0.286. The Kier molecular flexibility index (Phi) is 5.57. The van der Waals surface area contributed by atoms with Gasteiger partial charge in [-0.25, -0.2) is 13.1 Å². The Bertz CT molecular complexity index is 996. The van der Waals surface area contributed by atoms with Gasteiger partial charge in [-0.1, -0.05) is 12.1 Å². The number of piperidine rings is 1. The highest BCUT2D eigenvalue weighted by Gasteiger charge is 2.25. The number of aromatic amines is 1. The van der Waals surface area contributed by atoms with Gasteiger partial charge in [-0.2, -0.15) is 0 Å². The molecule has 4 rings (SSSR count). The number of hydrogen-bond donors (Lipinski definition) is 2. The number of aromatic nitrogens is 2. The van der Waals surface area contributed by atoms with Crippen LogP contribution in [0.25, 0.3) is 11.3 Å². The van der Waals surface area contributed by atoms with Crippen molar-refractivity contribution in [2.45, 2.75) is 30.3 Å². The van der Waals surface area contributed by atoms with E-state index < -0.39 is 10.0 Å². The van der Waals surface area contributed by atoms with Crippen LogP contribution in [0.2, 0.25) is 0 Å². The van der Waals surface area contributed by atoms with Gasteiger partial charge in [-0.15, -0.1) is 0 Å². The lowest BCUT2D eigenvalue weighted by atomic mass is 10.1. The lowest BCUT2D eigenvalue weighted by molar-refractivity contribution is 0.200. The molecule has 0 saturated carbocycles. The second-order valence-corrected chi connectivity index (χ2v) is 8.85. The van der Waals surface area contributed by atoms with E-state index in [1.165, 1.54) is 5.56 Å². The Morgan fingerprint density at radius 1 is 1.07 bits per heavy atom. The van der Waals surface area contributed by atoms with E-state index in [2.05, 4.69) is 19.6 Å². The van der Waals surface area contributed by atoms with E-state index >= 15 is 0 Å². The van der Waals surface area contributed by atoms with Gasteiger partial charge in [0.15, 0.2) is 0 Å². The summed E-state index contributed by atoms with van der Waals surface area (Å²) in [5.74, 6) is 0. The van der Waals surface area contributed by atoms with E-state index in [1.807, 2.05) is 36.5 Å². The SMILES string of the molecule is O=S(=O)(NC1CCN(Cc2ccncc2)CC1)c1cccc(-c2ccc[nH]2)c1. The van der Waals surface area contributed by atoms with Crippen LogP contribution >= 0.6 is 0 Å². The highest BCUT2D eigenvalue weighted by atomic mass is 32.2. The summed E-state index contributed by atoms with van der Waals surface area (Å²) >= 11 is 0. The van der Waals surface area contributed by atoms with Crippen LogP contribution in [-0.4, -0.2) is 42.4 Å². The van der Waals surface area contributed by atoms with Crippen molar-refractivity contribution in [1.82, 2.24) is 19.6 Å². The molecular weight excluding hydrogens is 372 g/mol. The zero-order valence-corrected chi connectivity index (χ0v) is 16.4. The van der Waals surface area contributed by atoms with Crippen LogP contribution in [0.1, 0.15) is 18.4 Å². The minimum atomic E-state index is -3.54. The summed E-state index contributed by atoms with van der Waals surface area (Å²) in [7, 11) is -3.54. The predicted molar refractivity (Wildman–Crippen MR) is 109 cm³/mol. The van der Waals surface area contributed by atoms with E-state index in [4.69, 9.17) is 0 Å². The molecule has 0 radical (unpaired) electrons. The fourth-order valence-electron chi connectivity index (χ4n) is 3.58. The Hall–Kier alpha value is -2.48. The van der Waals surface area contributed by atoms with Gasteiger partial charge in [-0.05, 0) is 60.4 Å². The molecule has 1 aliphatic heterocycles. The van der Waals surface area contributed by atoms with Crippen LogP contribution in [0.5, 0.6) is 0 Å². The molecule has 0 spiro atoms. The van der Waals surface area contributed by atoms with Gasteiger partial charge >= 0.3 is 0 Å². The number of H-pyrrole nitrogens is 1. The lowest BCUT2D eigenvalue weighted by Crippen LogP contribution is -2.44. The van der Waals surface area contributed by atoms with Crippen molar-refractivity contribution in [3.05, 3.63) is 72.7 Å². The minimum Gasteiger partial charge on any atom is -0.361 e. The van der Waals surface area contributed by atoms with Gasteiger partial charge in [0.05, 0.1) is 4.90 Å². The number of sulfonamides is 1. The molecule has 2 N–H and O–H groups in total. The van der Waals surface area contributed by atoms with Crippen molar-refractivity contribution in [2.24, 2.45) is 0 Å². The van der Waals surface area contributed by atoms with Gasteiger partial charge in [0.2, 0.25) is 10.0 Å². The zero-order chi connectivity index (χ0) is 19.4. The summed E-state index contributed by atoms with van der Waals surface area (Å²) in [6.07, 6.45) is 7.05. The number of benzene rings is 1. The van der Waals surface area contributed by atoms with Crippen molar-refractivity contribution >= 4 is 10.0 Å². The van der Waals surface area contributed by atoms with Crippen LogP contribution in [-0.2, 0) is 16.6 Å². The quantitative estimate of drug-likeness (QED) is 0.671. The molecule has 0 atom stereocenters. The Balaban J connectivity index is 1.37. The van der Waals surface area contributed by atoms with E-state index in [-0.39, 0.29) is 6.04 Å². The van der Waals surface area contributed by atoms with E-state index in [1.54, 1.807) is 30.6 Å². The predicted octanol–water partition coefficient (Wildman–Crippen LogP) is 3.02. The molecule has 1 aromatic carbocycles. The second kappa shape index (κ2) is 8.26. The standard InChI is InChI=1S/C21H24N4O2S/c26-28(27,20-4-1-3-18(15-20)21-5-2-10-23-21)24-19-8-13-25(14-9-19)16-17-6-11-22-12-7-17/h1-7,10-12,15,19,23-24H,8-9,13-14,16H2. The van der Waals surface area contributed by atoms with E-state index in [0.29, 0.717) is 4.90 Å². The highest BCUT2D eigenvalue weighted by Crippen LogP contribution is 2.22. The maximum Gasteiger partial charge on any atom is 0.240 e. The number of hydrogen-bond acceptors (Lipinski definition) is 4. The van der Waals surface area contributed by atoms with Crippen LogP contribution in [0.3, 0.4) is 0 Å². The molecule has 1 saturated heterocycles. The smallest absolute Gasteiger partial charge is 0.240 e. The maximum atomic E-state index is 12.9. The largest absolute Gasteiger partial charge is 0.361 e. The Labute approximate surface area is 165 Å². The third-order valence-electron chi connectivity index (χ3n) is 5.12. The molecule has 1 aliphatic rings. The number of rotatable bonds is 6. The van der Waals surface area contributed by atoms with Crippen molar-refractivity contribution in [1.29, 1.82) is 0 Å². The molecular formula is C21H24N4O2S. The van der Waals surface area contributed by atoms with Crippen LogP contribution in [0.4, 0.5) is 0 Å². The summed E-state index contributed by atoms with van der Waals surface area (Å²) in [5.41, 5.74) is 3.00. The van der Waals surface area contributed by atoms with Crippen molar-refractivity contribution in [3.8, 4) is 11.3 Å². The van der Waals surface area contributed by atoms with Crippen LogP contribution in [0.15, 0.2) is 72.0 Å². The molecule has 2 aromatic heterocycles. The lowest BCUT2D eigenvalue weighted by Gasteiger charge is -2.32. The van der Waals surface area contributed by atoms with Gasteiger partial charge in [0, 0.05) is 50.0 Å². The van der Waals surface area contributed by atoms with Crippen molar-refractivity contribution < 1.29 is 8.42 Å². The number of nitrogens with zero attached hydrogens (tertiary/aromatic N) is 2. The number of likely N-dealkylation sites (tertiary alicyclic amines) is 1. The molecule has 6 nitrogen and oxygen atoms in total. The summed E-state index contributed by atoms with van der Waals surface area (Å²) in [5, 5.41) is 0. The first-order valence-corrected chi connectivity index (χ1v) is 11.0. The first kappa shape index (κ1) is 18.9. The summed E-state index contributed by atoms with van der Waals surface area (Å²) < 4.78 is 28.6. The van der Waals surface area contributed by atoms with Gasteiger partial charge in [-0.3, -0.25) is 9.88 Å². The van der Waals surface area contributed by atoms with Gasteiger partial charge in [0.25, 0.3) is 0 Å². The van der Waals surface area contributed by atoms with Crippen molar-refractivity contribution in [3.63, 3.8) is 0 Å². The first-order valence-electron chi connectivity index (χ1n) is 9.47. The molecule has 0 bridgehead atoms. The maximum absolute atomic E-state index is 12.9. The Morgan fingerprint density at radius 3 is 2.57 bits per heavy atom. The fourth-order valence-corrected chi connectivity index (χ4v) is 4.93. The summed E-state index contributed by atoms with van der Waals surface area (Å²) in [6, 6.07) is 14.9. The Morgan fingerprint density at radius 2 is 1.86 bits per heavy atom. The highest BCUT2D eigenvalue weighted by molar-refractivity contribution is 7.89. The molecule has 3 heterocycles. The average molecular weight is 397 g/mol. The topological polar surface area (TPSA) is 78.1 Å². The first-order chi connectivity index (χ1) is 13.6. The van der Waals surface area contributed by atoms with Crippen LogP contribution < -0.4 is 4.72 Å². The summed E-state index contributed by atoms with van der Waals surface area (Å²) in [4.78, 5) is 9.82. The van der Waals surface area contributed by atoms with E-state index in [9.17, 15) is 8.42 Å². The monoisotopic (exact) mass is 396 g/mol. The molecule has 0 unspecified atom stereocenters. The number of nitrogens with one attached hydrogen (secondary N) is 2. The third kappa shape index (κ3) is 4.49. The zero-order valence-electron chi connectivity index (χ0n) is 15.6. The normalized spacial score (nSPS) is 16.3.